The molecule has 1 aromatic carbocycles. The number of imidazole rings is 1. The number of benzene rings is 1. The summed E-state index contributed by atoms with van der Waals surface area (Å²) in [6.45, 7) is 2.94. The lowest BCUT2D eigenvalue weighted by atomic mass is 9.57. The normalized spacial score (nSPS) is 21.9. The Balaban J connectivity index is 1.10. The van der Waals surface area contributed by atoms with Crippen molar-refractivity contribution >= 4 is 40.2 Å². The SMILES string of the molecule is CCOC(=O)C1(C2CCC(Oc3nc4nc(-c5ccc(C6=CCN(C(=O)CO)CC6)cc5)c(Cl)cc4[nH]3)CC2)CCC1. The van der Waals surface area contributed by atoms with Crippen LogP contribution in [0.4, 0.5) is 0 Å². The van der Waals surface area contributed by atoms with Crippen molar-refractivity contribution < 1.29 is 24.2 Å². The molecular formula is C32H37ClN4O5. The van der Waals surface area contributed by atoms with Crippen LogP contribution in [0, 0.1) is 11.3 Å². The number of rotatable bonds is 8. The van der Waals surface area contributed by atoms with E-state index in [1.807, 2.05) is 43.3 Å². The summed E-state index contributed by atoms with van der Waals surface area (Å²) in [7, 11) is 0. The highest BCUT2D eigenvalue weighted by Gasteiger charge is 2.52. The third-order valence-electron chi connectivity index (χ3n) is 9.29. The maximum Gasteiger partial charge on any atom is 0.312 e. The first-order valence-corrected chi connectivity index (χ1v) is 15.4. The Morgan fingerprint density at radius 3 is 2.48 bits per heavy atom. The molecule has 3 heterocycles. The molecule has 2 aromatic heterocycles. The van der Waals surface area contributed by atoms with Crippen LogP contribution in [-0.4, -0.2) is 69.2 Å². The Bertz CT molecular complexity index is 1490. The standard InChI is InChI=1S/C32H37ClN4O5/c1-2-41-30(40)32(14-3-15-32)23-8-10-24(11-9-23)42-31-34-26-18-25(33)28(35-29(26)36-31)22-6-4-20(5-7-22)21-12-16-37(17-13-21)27(39)19-38/h4-7,12,18,23-24,38H,2-3,8-11,13-17,19H2,1H3,(H,34,35,36). The second-order valence-corrected chi connectivity index (χ2v) is 12.0. The topological polar surface area (TPSA) is 118 Å². The fourth-order valence-corrected chi connectivity index (χ4v) is 7.02. The van der Waals surface area contributed by atoms with Gasteiger partial charge in [0.1, 0.15) is 12.7 Å². The van der Waals surface area contributed by atoms with Crippen LogP contribution in [0.3, 0.4) is 0 Å². The predicted molar refractivity (Wildman–Crippen MR) is 160 cm³/mol. The van der Waals surface area contributed by atoms with Gasteiger partial charge in [-0.05, 0) is 75.0 Å². The molecule has 0 radical (unpaired) electrons. The van der Waals surface area contributed by atoms with E-state index in [1.54, 1.807) is 4.90 Å². The van der Waals surface area contributed by atoms with Crippen molar-refractivity contribution in [1.29, 1.82) is 0 Å². The molecule has 0 unspecified atom stereocenters. The third kappa shape index (κ3) is 5.52. The number of pyridine rings is 1. The molecule has 6 rings (SSSR count). The number of aliphatic hydroxyl groups is 1. The molecule has 2 N–H and O–H groups in total. The Morgan fingerprint density at radius 1 is 1.12 bits per heavy atom. The molecule has 0 saturated heterocycles. The van der Waals surface area contributed by atoms with Gasteiger partial charge in [0.25, 0.3) is 6.01 Å². The molecule has 1 aliphatic heterocycles. The summed E-state index contributed by atoms with van der Waals surface area (Å²) in [5.41, 5.74) is 4.76. The van der Waals surface area contributed by atoms with E-state index in [4.69, 9.17) is 31.2 Å². The Hall–Kier alpha value is -3.43. The van der Waals surface area contributed by atoms with Crippen molar-refractivity contribution in [2.75, 3.05) is 26.3 Å². The third-order valence-corrected chi connectivity index (χ3v) is 9.58. The number of nitrogens with one attached hydrogen (secondary N) is 1. The van der Waals surface area contributed by atoms with Crippen LogP contribution >= 0.6 is 11.6 Å². The number of hydrogen-bond donors (Lipinski definition) is 2. The molecule has 9 nitrogen and oxygen atoms in total. The van der Waals surface area contributed by atoms with Crippen LogP contribution < -0.4 is 4.74 Å². The maximum absolute atomic E-state index is 12.7. The molecule has 3 aromatic rings. The summed E-state index contributed by atoms with van der Waals surface area (Å²) in [6.07, 6.45) is 9.43. The average Bonchev–Trinajstić information content (AvgIpc) is 3.37. The number of esters is 1. The number of aromatic nitrogens is 3. The zero-order valence-electron chi connectivity index (χ0n) is 23.9. The second-order valence-electron chi connectivity index (χ2n) is 11.6. The molecule has 2 fully saturated rings. The van der Waals surface area contributed by atoms with Crippen LogP contribution in [0.1, 0.15) is 63.9 Å². The predicted octanol–water partition coefficient (Wildman–Crippen LogP) is 5.56. The summed E-state index contributed by atoms with van der Waals surface area (Å²) in [6, 6.07) is 10.3. The number of H-pyrrole nitrogens is 1. The minimum absolute atomic E-state index is 0.0133. The quantitative estimate of drug-likeness (QED) is 0.329. The number of carbonyl (C=O) groups is 2. The van der Waals surface area contributed by atoms with Gasteiger partial charge in [0.2, 0.25) is 5.91 Å². The first-order valence-electron chi connectivity index (χ1n) is 15.0. The fourth-order valence-electron chi connectivity index (χ4n) is 6.76. The maximum atomic E-state index is 12.7. The highest BCUT2D eigenvalue weighted by Crippen LogP contribution is 2.53. The Labute approximate surface area is 250 Å². The van der Waals surface area contributed by atoms with Crippen molar-refractivity contribution in [2.24, 2.45) is 11.3 Å². The molecule has 10 heteroatoms. The Kier molecular flexibility index (Phi) is 8.23. The fraction of sp³-hybridized carbons (Fsp3) is 0.500. The van der Waals surface area contributed by atoms with Crippen molar-refractivity contribution in [3.63, 3.8) is 0 Å². The van der Waals surface area contributed by atoms with Crippen molar-refractivity contribution in [1.82, 2.24) is 19.9 Å². The number of nitrogens with zero attached hydrogens (tertiary/aromatic N) is 3. The molecule has 1 amide bonds. The number of aliphatic hydroxyl groups excluding tert-OH is 1. The molecule has 0 atom stereocenters. The first-order chi connectivity index (χ1) is 20.4. The lowest BCUT2D eigenvalue weighted by molar-refractivity contribution is -0.168. The number of ether oxygens (including phenoxy) is 2. The van der Waals surface area contributed by atoms with Crippen LogP contribution in [0.25, 0.3) is 28.0 Å². The number of halogens is 1. The van der Waals surface area contributed by atoms with E-state index in [2.05, 4.69) is 9.97 Å². The van der Waals surface area contributed by atoms with E-state index in [-0.39, 0.29) is 23.4 Å². The van der Waals surface area contributed by atoms with Crippen molar-refractivity contribution in [3.8, 4) is 17.3 Å². The van der Waals surface area contributed by atoms with Gasteiger partial charge >= 0.3 is 5.97 Å². The molecule has 2 aliphatic carbocycles. The highest BCUT2D eigenvalue weighted by molar-refractivity contribution is 6.33. The monoisotopic (exact) mass is 592 g/mol. The number of amides is 1. The summed E-state index contributed by atoms with van der Waals surface area (Å²) < 4.78 is 11.7. The molecule has 42 heavy (non-hydrogen) atoms. The van der Waals surface area contributed by atoms with Gasteiger partial charge in [-0.3, -0.25) is 9.59 Å². The van der Waals surface area contributed by atoms with Crippen LogP contribution in [-0.2, 0) is 14.3 Å². The summed E-state index contributed by atoms with van der Waals surface area (Å²) in [5.74, 6) is 0.0967. The zero-order chi connectivity index (χ0) is 29.3. The van der Waals surface area contributed by atoms with Gasteiger partial charge in [-0.15, -0.1) is 0 Å². The van der Waals surface area contributed by atoms with Crippen LogP contribution in [0.15, 0.2) is 36.4 Å². The number of aromatic amines is 1. The zero-order valence-corrected chi connectivity index (χ0v) is 24.7. The molecule has 3 aliphatic rings. The second kappa shape index (κ2) is 12.1. The summed E-state index contributed by atoms with van der Waals surface area (Å²) >= 11 is 6.65. The van der Waals surface area contributed by atoms with Gasteiger partial charge in [0, 0.05) is 18.7 Å². The lowest BCUT2D eigenvalue weighted by Gasteiger charge is -2.47. The van der Waals surface area contributed by atoms with Gasteiger partial charge < -0.3 is 24.5 Å². The van der Waals surface area contributed by atoms with E-state index in [0.29, 0.717) is 53.5 Å². The summed E-state index contributed by atoms with van der Waals surface area (Å²) in [4.78, 5) is 38.7. The molecule has 0 bridgehead atoms. The van der Waals surface area contributed by atoms with E-state index in [9.17, 15) is 9.59 Å². The first kappa shape index (κ1) is 28.7. The highest BCUT2D eigenvalue weighted by atomic mass is 35.5. The van der Waals surface area contributed by atoms with E-state index in [0.717, 1.165) is 62.5 Å². The van der Waals surface area contributed by atoms with Crippen LogP contribution in [0.2, 0.25) is 5.02 Å². The van der Waals surface area contributed by atoms with Gasteiger partial charge in [-0.1, -0.05) is 48.4 Å². The average molecular weight is 593 g/mol. The van der Waals surface area contributed by atoms with Gasteiger partial charge in [0.05, 0.1) is 28.3 Å². The van der Waals surface area contributed by atoms with Gasteiger partial charge in [0.15, 0.2) is 5.65 Å². The van der Waals surface area contributed by atoms with Gasteiger partial charge in [-0.2, -0.15) is 4.98 Å². The number of carbonyl (C=O) groups excluding carboxylic acids is 2. The lowest BCUT2D eigenvalue weighted by Crippen LogP contribution is -2.47. The van der Waals surface area contributed by atoms with E-state index in [1.165, 1.54) is 5.57 Å². The smallest absolute Gasteiger partial charge is 0.312 e. The van der Waals surface area contributed by atoms with Gasteiger partial charge in [-0.25, -0.2) is 4.98 Å². The minimum atomic E-state index is -0.459. The number of fused-ring (bicyclic) bond motifs is 1. The molecule has 222 valence electrons. The Morgan fingerprint density at radius 2 is 1.86 bits per heavy atom. The van der Waals surface area contributed by atoms with Crippen molar-refractivity contribution in [2.45, 2.75) is 64.4 Å². The van der Waals surface area contributed by atoms with E-state index < -0.39 is 6.61 Å². The molecule has 2 saturated carbocycles. The largest absolute Gasteiger partial charge is 0.466 e. The molecule has 0 spiro atoms. The van der Waals surface area contributed by atoms with Crippen LogP contribution in [0.5, 0.6) is 6.01 Å². The number of hydrogen-bond acceptors (Lipinski definition) is 7. The molecular weight excluding hydrogens is 556 g/mol. The van der Waals surface area contributed by atoms with E-state index >= 15 is 0 Å². The summed E-state index contributed by atoms with van der Waals surface area (Å²) in [5, 5.41) is 9.61. The minimum Gasteiger partial charge on any atom is -0.466 e. The van der Waals surface area contributed by atoms with Crippen molar-refractivity contribution in [3.05, 3.63) is 47.0 Å².